The number of esters is 1. The van der Waals surface area contributed by atoms with Gasteiger partial charge in [0.15, 0.2) is 0 Å². The quantitative estimate of drug-likeness (QED) is 0.391. The van der Waals surface area contributed by atoms with E-state index in [1.54, 1.807) is 0 Å². The Kier molecular flexibility index (Phi) is 3.00. The van der Waals surface area contributed by atoms with E-state index in [2.05, 4.69) is 4.74 Å². The number of hydrogen-bond acceptors (Lipinski definition) is 3. The molecule has 0 spiro atoms. The average molecular weight is 226 g/mol. The van der Waals surface area contributed by atoms with Crippen molar-refractivity contribution in [3.63, 3.8) is 0 Å². The van der Waals surface area contributed by atoms with Crippen molar-refractivity contribution >= 4 is 22.2 Å². The Bertz CT molecular complexity index is 307. The van der Waals surface area contributed by atoms with Crippen molar-refractivity contribution < 1.29 is 27.5 Å². The number of hydrogen-bond donors (Lipinski definition) is 1. The summed E-state index contributed by atoms with van der Waals surface area (Å²) in [5.41, 5.74) is 0. The van der Waals surface area contributed by atoms with E-state index >= 15 is 0 Å². The van der Waals surface area contributed by atoms with Gasteiger partial charge in [0.1, 0.15) is 0 Å². The van der Waals surface area contributed by atoms with Gasteiger partial charge in [0, 0.05) is 0 Å². The molecule has 1 heterocycles. The molecule has 0 fully saturated rings. The summed E-state index contributed by atoms with van der Waals surface area (Å²) >= 11 is 0. The highest BCUT2D eigenvalue weighted by molar-refractivity contribution is 8.34. The lowest BCUT2D eigenvalue weighted by Crippen LogP contribution is -2.27. The van der Waals surface area contributed by atoms with Gasteiger partial charge in [0.05, 0.1) is 0 Å². The first-order valence-corrected chi connectivity index (χ1v) is 4.85. The normalized spacial score (nSPS) is 17.2. The van der Waals surface area contributed by atoms with Crippen molar-refractivity contribution in [3.05, 3.63) is 23.0 Å². The molecule has 0 saturated heterocycles. The van der Waals surface area contributed by atoms with Gasteiger partial charge in [-0.05, 0) is 10.8 Å². The number of alkyl halides is 3. The summed E-state index contributed by atoms with van der Waals surface area (Å²) < 4.78 is 38.5. The maximum atomic E-state index is 11.6. The molecule has 0 atom stereocenters. The van der Waals surface area contributed by atoms with Gasteiger partial charge in [-0.1, -0.05) is 12.2 Å². The Morgan fingerprint density at radius 3 is 2.07 bits per heavy atom. The van der Waals surface area contributed by atoms with Crippen molar-refractivity contribution in [1.82, 2.24) is 0 Å². The van der Waals surface area contributed by atoms with Crippen LogP contribution in [-0.2, 0) is 9.53 Å². The molecule has 0 aliphatic carbocycles. The second-order valence-corrected chi connectivity index (χ2v) is 4.02. The van der Waals surface area contributed by atoms with E-state index in [4.69, 9.17) is 0 Å². The third-order valence-electron chi connectivity index (χ3n) is 1.23. The zero-order chi connectivity index (χ0) is 10.8. The Balaban J connectivity index is 2.53. The molecule has 14 heavy (non-hydrogen) atoms. The zero-order valence-corrected chi connectivity index (χ0v) is 7.51. The Morgan fingerprint density at radius 1 is 1.14 bits per heavy atom. The van der Waals surface area contributed by atoms with Crippen molar-refractivity contribution in [3.8, 4) is 0 Å². The summed E-state index contributed by atoms with van der Waals surface area (Å²) in [6.45, 7) is 0. The van der Waals surface area contributed by atoms with Crippen molar-refractivity contribution in [2.75, 3.05) is 0 Å². The van der Waals surface area contributed by atoms with Crippen LogP contribution in [0, 0.1) is 0 Å². The molecule has 1 rings (SSSR count). The van der Waals surface area contributed by atoms with E-state index in [9.17, 15) is 22.8 Å². The maximum Gasteiger partial charge on any atom is 0.491 e. The van der Waals surface area contributed by atoms with Crippen LogP contribution in [0.3, 0.4) is 0 Å². The molecule has 0 aromatic rings. The van der Waals surface area contributed by atoms with Gasteiger partial charge in [0.25, 0.3) is 0 Å². The molecule has 0 radical (unpaired) electrons. The van der Waals surface area contributed by atoms with Crippen LogP contribution in [0.2, 0.25) is 0 Å². The summed E-state index contributed by atoms with van der Waals surface area (Å²) in [5.74, 6) is -2.47. The Morgan fingerprint density at radius 2 is 1.64 bits per heavy atom. The van der Waals surface area contributed by atoms with Gasteiger partial charge >= 0.3 is 17.4 Å². The zero-order valence-electron chi connectivity index (χ0n) is 6.62. The molecule has 7 heteroatoms. The predicted molar refractivity (Wildman–Crippen MR) is 44.8 cm³/mol. The molecular formula is C7H5F3O3S. The van der Waals surface area contributed by atoms with E-state index in [1.807, 2.05) is 0 Å². The molecule has 0 saturated carbocycles. The second-order valence-electron chi connectivity index (χ2n) is 2.24. The minimum Gasteiger partial charge on any atom is -0.379 e. The number of ether oxygens (including phenoxy) is 1. The second kappa shape index (κ2) is 3.87. The standard InChI is InChI=1S/C7H5F3O3S/c8-7(9,10)5(11)13-6(12)14-3-1-2-4-14/h1-4,14H. The lowest BCUT2D eigenvalue weighted by molar-refractivity contribution is -0.191. The highest BCUT2D eigenvalue weighted by Crippen LogP contribution is 2.35. The fraction of sp³-hybridized carbons (Fsp3) is 0.143. The third kappa shape index (κ3) is 2.63. The van der Waals surface area contributed by atoms with E-state index in [0.29, 0.717) is 0 Å². The molecule has 0 unspecified atom stereocenters. The molecule has 0 aromatic carbocycles. The van der Waals surface area contributed by atoms with Gasteiger partial charge in [0.2, 0.25) is 0 Å². The van der Waals surface area contributed by atoms with Crippen LogP contribution in [0.4, 0.5) is 18.0 Å². The van der Waals surface area contributed by atoms with Crippen LogP contribution in [0.1, 0.15) is 0 Å². The molecule has 0 N–H and O–H groups in total. The van der Waals surface area contributed by atoms with Crippen LogP contribution in [0.15, 0.2) is 23.0 Å². The molecule has 78 valence electrons. The summed E-state index contributed by atoms with van der Waals surface area (Å²) in [5, 5.41) is 1.62. The smallest absolute Gasteiger partial charge is 0.379 e. The van der Waals surface area contributed by atoms with Crippen LogP contribution in [-0.4, -0.2) is 17.4 Å². The molecule has 0 bridgehead atoms. The van der Waals surface area contributed by atoms with Crippen molar-refractivity contribution in [2.24, 2.45) is 0 Å². The lowest BCUT2D eigenvalue weighted by Gasteiger charge is -2.09. The van der Waals surface area contributed by atoms with Gasteiger partial charge in [-0.3, -0.25) is 0 Å². The third-order valence-corrected chi connectivity index (χ3v) is 2.73. The molecule has 0 amide bonds. The van der Waals surface area contributed by atoms with Crippen molar-refractivity contribution in [2.45, 2.75) is 6.18 Å². The summed E-state index contributed by atoms with van der Waals surface area (Å²) in [6.07, 6.45) is -2.12. The van der Waals surface area contributed by atoms with Crippen LogP contribution < -0.4 is 0 Å². The number of allylic oxidation sites excluding steroid dienone is 2. The fourth-order valence-corrected chi connectivity index (χ4v) is 1.75. The van der Waals surface area contributed by atoms with E-state index < -0.39 is 28.3 Å². The highest BCUT2D eigenvalue weighted by atomic mass is 32.2. The van der Waals surface area contributed by atoms with Gasteiger partial charge in [-0.25, -0.2) is 9.59 Å². The molecule has 1 aliphatic heterocycles. The number of halogens is 3. The fourth-order valence-electron chi connectivity index (χ4n) is 0.646. The van der Waals surface area contributed by atoms with Gasteiger partial charge < -0.3 is 4.74 Å². The average Bonchev–Trinajstić information content (AvgIpc) is 2.53. The Hall–Kier alpha value is -1.24. The first kappa shape index (κ1) is 10.8. The van der Waals surface area contributed by atoms with Gasteiger partial charge in [-0.15, -0.1) is 10.9 Å². The first-order valence-electron chi connectivity index (χ1n) is 3.37. The minimum absolute atomic E-state index is 1.16. The summed E-state index contributed by atoms with van der Waals surface area (Å²) in [4.78, 5) is 21.1. The van der Waals surface area contributed by atoms with E-state index in [1.165, 1.54) is 23.0 Å². The number of carbonyl (C=O) groups excluding carboxylic acids is 2. The predicted octanol–water partition coefficient (Wildman–Crippen LogP) is 2.25. The van der Waals surface area contributed by atoms with Crippen LogP contribution >= 0.6 is 10.9 Å². The highest BCUT2D eigenvalue weighted by Gasteiger charge is 2.42. The monoisotopic (exact) mass is 226 g/mol. The SMILES string of the molecule is O=C(OC(=O)C(F)(F)F)[SH]1C=CC=C1. The van der Waals surface area contributed by atoms with Crippen LogP contribution in [0.5, 0.6) is 0 Å². The van der Waals surface area contributed by atoms with Crippen LogP contribution in [0.25, 0.3) is 0 Å². The topological polar surface area (TPSA) is 43.4 Å². The van der Waals surface area contributed by atoms with E-state index in [0.717, 1.165) is 0 Å². The first-order chi connectivity index (χ1) is 6.41. The molecule has 1 aliphatic rings. The number of rotatable bonds is 0. The minimum atomic E-state index is -5.13. The maximum absolute atomic E-state index is 11.6. The molecular weight excluding hydrogens is 221 g/mol. The molecule has 0 aromatic heterocycles. The Labute approximate surface area is 79.6 Å². The summed E-state index contributed by atoms with van der Waals surface area (Å²) in [7, 11) is -1.53. The van der Waals surface area contributed by atoms with E-state index in [-0.39, 0.29) is 0 Å². The van der Waals surface area contributed by atoms with Crippen molar-refractivity contribution in [1.29, 1.82) is 0 Å². The summed E-state index contributed by atoms with van der Waals surface area (Å²) in [6, 6.07) is 0. The largest absolute Gasteiger partial charge is 0.491 e. The number of thiol groups is 1. The molecule has 3 nitrogen and oxygen atoms in total. The number of carbonyl (C=O) groups is 2. The lowest BCUT2D eigenvalue weighted by atomic mass is 10.6. The van der Waals surface area contributed by atoms with Gasteiger partial charge in [-0.2, -0.15) is 13.2 Å².